The van der Waals surface area contributed by atoms with Crippen LogP contribution in [0.4, 0.5) is 0 Å². The molecule has 0 amide bonds. The fourth-order valence-electron chi connectivity index (χ4n) is 2.51. The van der Waals surface area contributed by atoms with E-state index < -0.39 is 61.9 Å². The van der Waals surface area contributed by atoms with Gasteiger partial charge in [-0.25, -0.2) is 0 Å². The van der Waals surface area contributed by atoms with Crippen molar-refractivity contribution in [3.63, 3.8) is 0 Å². The maximum atomic E-state index is 8.29. The Bertz CT molecular complexity index is 1130. The van der Waals surface area contributed by atoms with E-state index in [4.69, 9.17) is 20.6 Å². The summed E-state index contributed by atoms with van der Waals surface area (Å²) in [5.74, 6) is 0. The molecule has 0 unspecified atom stereocenters. The Morgan fingerprint density at radius 1 is 1.11 bits per heavy atom. The van der Waals surface area contributed by atoms with Gasteiger partial charge >= 0.3 is 0 Å². The van der Waals surface area contributed by atoms with E-state index in [0.29, 0.717) is 0 Å². The van der Waals surface area contributed by atoms with E-state index in [-0.39, 0.29) is 21.2 Å². The van der Waals surface area contributed by atoms with E-state index in [0.717, 1.165) is 6.07 Å². The van der Waals surface area contributed by atoms with Crippen molar-refractivity contribution in [3.8, 4) is 11.1 Å². The third-order valence-electron chi connectivity index (χ3n) is 3.39. The highest BCUT2D eigenvalue weighted by atomic mass is 79.9. The van der Waals surface area contributed by atoms with Gasteiger partial charge in [-0.2, -0.15) is 0 Å². The van der Waals surface area contributed by atoms with Crippen LogP contribution < -0.4 is 0 Å². The topological polar surface area (TPSA) is 0 Å². The molecule has 0 aromatic heterocycles. The monoisotopic (exact) mass is 329 g/mol. The molecule has 0 fully saturated rings. The Balaban J connectivity index is 2.85. The van der Waals surface area contributed by atoms with Gasteiger partial charge in [-0.05, 0) is 60.0 Å². The standard InChI is InChI=1S/C18H19Br/c1-10-9-13-16-14(7-6-8-15(16)19)18(4,5)17(13)12(3)11(10)2/h6-9H,1-5H3/i1D3,2D3,3D3,4D3,5D3. The van der Waals surface area contributed by atoms with Gasteiger partial charge in [-0.15, -0.1) is 0 Å². The molecule has 0 radical (unpaired) electrons. The van der Waals surface area contributed by atoms with Crippen molar-refractivity contribution in [2.24, 2.45) is 0 Å². The molecule has 19 heavy (non-hydrogen) atoms. The van der Waals surface area contributed by atoms with E-state index in [1.807, 2.05) is 0 Å². The average molecular weight is 330 g/mol. The van der Waals surface area contributed by atoms with E-state index >= 15 is 0 Å². The summed E-state index contributed by atoms with van der Waals surface area (Å²) in [7, 11) is 0. The van der Waals surface area contributed by atoms with Crippen molar-refractivity contribution >= 4 is 15.9 Å². The molecule has 98 valence electrons. The SMILES string of the molecule is [2H]C([2H])([2H])c1cc2c(c(C([2H])([2H])[2H])c1C([2H])([2H])[2H])C(C([2H])([2H])[2H])(C([2H])([2H])[2H])c1cccc(Br)c1-2. The van der Waals surface area contributed by atoms with Crippen molar-refractivity contribution in [2.75, 3.05) is 0 Å². The lowest BCUT2D eigenvalue weighted by atomic mass is 9.79. The summed E-state index contributed by atoms with van der Waals surface area (Å²) in [6.07, 6.45) is 0. The van der Waals surface area contributed by atoms with Crippen LogP contribution in [0.25, 0.3) is 11.1 Å². The first-order valence-electron chi connectivity index (χ1n) is 13.0. The van der Waals surface area contributed by atoms with Crippen molar-refractivity contribution in [2.45, 2.75) is 39.7 Å². The number of halogens is 1. The van der Waals surface area contributed by atoms with Gasteiger partial charge in [0.05, 0.1) is 0 Å². The fourth-order valence-corrected chi connectivity index (χ4v) is 3.09. The smallest absolute Gasteiger partial charge is 0.0280 e. The van der Waals surface area contributed by atoms with E-state index in [1.54, 1.807) is 0 Å². The van der Waals surface area contributed by atoms with Gasteiger partial charge in [0.15, 0.2) is 0 Å². The van der Waals surface area contributed by atoms with Crippen LogP contribution in [0.15, 0.2) is 28.7 Å². The van der Waals surface area contributed by atoms with E-state index in [1.165, 1.54) is 18.2 Å². The van der Waals surface area contributed by atoms with Crippen molar-refractivity contribution in [1.82, 2.24) is 0 Å². The lowest BCUT2D eigenvalue weighted by Gasteiger charge is -2.24. The first kappa shape index (κ1) is 4.21. The van der Waals surface area contributed by atoms with Crippen LogP contribution in [-0.2, 0) is 5.41 Å². The molecule has 1 heteroatoms. The predicted octanol–water partition coefficient (Wildman–Crippen LogP) is 5.68. The summed E-state index contributed by atoms with van der Waals surface area (Å²) in [6.45, 7) is -16.5. The summed E-state index contributed by atoms with van der Waals surface area (Å²) in [6, 6.07) is 4.99. The van der Waals surface area contributed by atoms with Gasteiger partial charge < -0.3 is 0 Å². The zero-order valence-corrected chi connectivity index (χ0v) is 11.3. The first-order chi connectivity index (χ1) is 15.0. The highest BCUT2D eigenvalue weighted by Crippen LogP contribution is 2.53. The Kier molecular flexibility index (Phi) is 0.876. The molecule has 0 aliphatic heterocycles. The molecule has 1 aliphatic carbocycles. The van der Waals surface area contributed by atoms with Crippen molar-refractivity contribution in [3.05, 3.63) is 56.6 Å². The molecule has 0 bridgehead atoms. The molecule has 3 rings (SSSR count). The number of hydrogen-bond donors (Lipinski definition) is 0. The van der Waals surface area contributed by atoms with Gasteiger partial charge in [0.25, 0.3) is 0 Å². The molecule has 0 nitrogen and oxygen atoms in total. The Labute approximate surface area is 145 Å². The number of fused-ring (bicyclic) bond motifs is 3. The lowest BCUT2D eigenvalue weighted by Crippen LogP contribution is -2.17. The van der Waals surface area contributed by atoms with Gasteiger partial charge in [0.1, 0.15) is 0 Å². The van der Waals surface area contributed by atoms with Crippen LogP contribution in [-0.4, -0.2) is 0 Å². The van der Waals surface area contributed by atoms with Crippen LogP contribution in [0.5, 0.6) is 0 Å². The molecule has 0 saturated carbocycles. The summed E-state index contributed by atoms with van der Waals surface area (Å²) >= 11 is 3.25. The van der Waals surface area contributed by atoms with Crippen molar-refractivity contribution < 1.29 is 20.6 Å². The van der Waals surface area contributed by atoms with Crippen LogP contribution >= 0.6 is 15.9 Å². The van der Waals surface area contributed by atoms with Gasteiger partial charge in [0, 0.05) is 36.0 Å². The molecule has 0 heterocycles. The normalized spacial score (nSPS) is 30.3. The molecule has 2 aromatic rings. The van der Waals surface area contributed by atoms with E-state index in [9.17, 15) is 0 Å². The minimum absolute atomic E-state index is 0.00200. The Morgan fingerprint density at radius 3 is 2.63 bits per heavy atom. The predicted molar refractivity (Wildman–Crippen MR) is 85.9 cm³/mol. The number of benzene rings is 2. The average Bonchev–Trinajstić information content (AvgIpc) is 2.89. The molecule has 1 aliphatic rings. The summed E-state index contributed by atoms with van der Waals surface area (Å²) < 4.78 is 122. The fraction of sp³-hybridized carbons (Fsp3) is 0.333. The molecule has 0 atom stereocenters. The van der Waals surface area contributed by atoms with Gasteiger partial charge in [-0.3, -0.25) is 0 Å². The van der Waals surface area contributed by atoms with Crippen LogP contribution in [0.2, 0.25) is 0 Å². The highest BCUT2D eigenvalue weighted by Gasteiger charge is 2.38. The van der Waals surface area contributed by atoms with Crippen LogP contribution in [0, 0.1) is 20.6 Å². The minimum atomic E-state index is -3.37. The third kappa shape index (κ3) is 1.57. The quantitative estimate of drug-likeness (QED) is 0.583. The number of rotatable bonds is 0. The molecule has 2 aromatic carbocycles. The molecular weight excluding hydrogens is 296 g/mol. The molecule has 0 saturated heterocycles. The number of hydrogen-bond acceptors (Lipinski definition) is 0. The molecular formula is C18H19Br. The molecule has 0 spiro atoms. The molecule has 0 N–H and O–H groups in total. The zero-order valence-electron chi connectivity index (χ0n) is 24.7. The van der Waals surface area contributed by atoms with Gasteiger partial charge in [-0.1, -0.05) is 47.8 Å². The number of aryl methyl sites for hydroxylation is 1. The minimum Gasteiger partial charge on any atom is -0.0608 e. The summed E-state index contributed by atoms with van der Waals surface area (Å²) in [4.78, 5) is 0. The van der Waals surface area contributed by atoms with E-state index in [2.05, 4.69) is 15.9 Å². The summed E-state index contributed by atoms with van der Waals surface area (Å²) in [5.41, 5.74) is -7.12. The van der Waals surface area contributed by atoms with Crippen LogP contribution in [0.1, 0.15) is 62.1 Å². The maximum Gasteiger partial charge on any atom is 0.0280 e. The maximum absolute atomic E-state index is 8.29. The summed E-state index contributed by atoms with van der Waals surface area (Å²) in [5, 5.41) is 0. The Morgan fingerprint density at radius 2 is 1.95 bits per heavy atom. The second kappa shape index (κ2) is 3.96. The first-order valence-corrected chi connectivity index (χ1v) is 6.30. The second-order valence-corrected chi connectivity index (χ2v) is 5.36. The van der Waals surface area contributed by atoms with Crippen molar-refractivity contribution in [1.29, 1.82) is 0 Å². The zero-order chi connectivity index (χ0) is 26.4. The Hall–Kier alpha value is -1.08. The van der Waals surface area contributed by atoms with Gasteiger partial charge in [0.2, 0.25) is 0 Å². The second-order valence-electron chi connectivity index (χ2n) is 4.51. The van der Waals surface area contributed by atoms with Crippen LogP contribution in [0.3, 0.4) is 0 Å². The third-order valence-corrected chi connectivity index (χ3v) is 4.05. The highest BCUT2D eigenvalue weighted by molar-refractivity contribution is 9.10. The lowest BCUT2D eigenvalue weighted by molar-refractivity contribution is 0.654. The largest absolute Gasteiger partial charge is 0.0608 e.